The largest absolute Gasteiger partial charge is 0.494 e. The van der Waals surface area contributed by atoms with Gasteiger partial charge in [0, 0.05) is 21.7 Å². The van der Waals surface area contributed by atoms with Crippen molar-refractivity contribution in [2.45, 2.75) is 13.8 Å². The number of carbonyl (C=O) groups is 1. The highest BCUT2D eigenvalue weighted by Crippen LogP contribution is 2.29. The van der Waals surface area contributed by atoms with E-state index in [4.69, 9.17) is 14.2 Å². The molecule has 1 aliphatic heterocycles. The number of hydrogen-bond donors (Lipinski definition) is 0. The summed E-state index contributed by atoms with van der Waals surface area (Å²) in [5.74, 6) is 1.15. The van der Waals surface area contributed by atoms with Crippen LogP contribution in [-0.4, -0.2) is 25.1 Å². The SMILES string of the molecule is CCOc1ccc(C=C2N=C(c3ccc(Br)cc3)OC2=O)c(OCC)c1. The number of aliphatic imine (C=N–C) groups is 1. The maximum atomic E-state index is 12.2. The molecule has 5 nitrogen and oxygen atoms in total. The molecule has 0 N–H and O–H groups in total. The Balaban J connectivity index is 1.93. The minimum atomic E-state index is -0.487. The number of cyclic esters (lactones) is 1. The second-order valence-corrected chi connectivity index (χ2v) is 6.32. The lowest BCUT2D eigenvalue weighted by Gasteiger charge is -2.10. The normalized spacial score (nSPS) is 15.0. The molecule has 3 rings (SSSR count). The van der Waals surface area contributed by atoms with Crippen LogP contribution in [0.3, 0.4) is 0 Å². The van der Waals surface area contributed by atoms with Gasteiger partial charge in [0.1, 0.15) is 11.5 Å². The molecule has 134 valence electrons. The van der Waals surface area contributed by atoms with Crippen LogP contribution in [0.2, 0.25) is 0 Å². The monoisotopic (exact) mass is 415 g/mol. The van der Waals surface area contributed by atoms with Crippen LogP contribution in [0.5, 0.6) is 11.5 Å². The highest BCUT2D eigenvalue weighted by atomic mass is 79.9. The van der Waals surface area contributed by atoms with Crippen LogP contribution >= 0.6 is 15.9 Å². The number of ether oxygens (including phenoxy) is 3. The molecule has 0 saturated heterocycles. The third kappa shape index (κ3) is 4.14. The Bertz CT molecular complexity index is 872. The summed E-state index contributed by atoms with van der Waals surface area (Å²) in [6, 6.07) is 12.9. The summed E-state index contributed by atoms with van der Waals surface area (Å²) in [5.41, 5.74) is 1.71. The number of nitrogens with zero attached hydrogens (tertiary/aromatic N) is 1. The average molecular weight is 416 g/mol. The van der Waals surface area contributed by atoms with Gasteiger partial charge in [-0.05, 0) is 56.3 Å². The Morgan fingerprint density at radius 2 is 1.81 bits per heavy atom. The highest BCUT2D eigenvalue weighted by Gasteiger charge is 2.24. The van der Waals surface area contributed by atoms with Gasteiger partial charge in [-0.15, -0.1) is 0 Å². The summed E-state index contributed by atoms with van der Waals surface area (Å²) in [6.07, 6.45) is 1.66. The third-order valence-electron chi connectivity index (χ3n) is 3.60. The number of halogens is 1. The standard InChI is InChI=1S/C20H18BrNO4/c1-3-24-16-10-7-14(18(12-16)25-4-2)11-17-20(23)26-19(22-17)13-5-8-15(21)9-6-13/h5-12H,3-4H2,1-2H3. The first-order chi connectivity index (χ1) is 12.6. The summed E-state index contributed by atoms with van der Waals surface area (Å²) in [6.45, 7) is 4.89. The lowest BCUT2D eigenvalue weighted by Crippen LogP contribution is -2.05. The molecule has 0 unspecified atom stereocenters. The minimum Gasteiger partial charge on any atom is -0.494 e. The van der Waals surface area contributed by atoms with Crippen molar-refractivity contribution in [3.8, 4) is 11.5 Å². The van der Waals surface area contributed by atoms with Crippen molar-refractivity contribution in [1.82, 2.24) is 0 Å². The van der Waals surface area contributed by atoms with Crippen molar-refractivity contribution < 1.29 is 19.0 Å². The number of hydrogen-bond acceptors (Lipinski definition) is 5. The molecule has 2 aromatic rings. The molecule has 0 bridgehead atoms. The molecule has 26 heavy (non-hydrogen) atoms. The Morgan fingerprint density at radius 1 is 1.08 bits per heavy atom. The van der Waals surface area contributed by atoms with Crippen LogP contribution < -0.4 is 9.47 Å². The molecule has 6 heteroatoms. The number of carbonyl (C=O) groups excluding carboxylic acids is 1. The predicted octanol–water partition coefficient (Wildman–Crippen LogP) is 4.59. The van der Waals surface area contributed by atoms with Gasteiger partial charge in [-0.2, -0.15) is 0 Å². The maximum Gasteiger partial charge on any atom is 0.363 e. The molecular weight excluding hydrogens is 398 g/mol. The Labute approximate surface area is 160 Å². The van der Waals surface area contributed by atoms with Gasteiger partial charge in [-0.1, -0.05) is 15.9 Å². The maximum absolute atomic E-state index is 12.2. The van der Waals surface area contributed by atoms with Crippen LogP contribution in [0.1, 0.15) is 25.0 Å². The summed E-state index contributed by atoms with van der Waals surface area (Å²) in [4.78, 5) is 16.5. The molecule has 2 aromatic carbocycles. The van der Waals surface area contributed by atoms with Gasteiger partial charge in [-0.3, -0.25) is 0 Å². The van der Waals surface area contributed by atoms with E-state index in [1.807, 2.05) is 50.2 Å². The lowest BCUT2D eigenvalue weighted by molar-refractivity contribution is -0.129. The fourth-order valence-corrected chi connectivity index (χ4v) is 2.71. The number of rotatable bonds is 6. The Hall–Kier alpha value is -2.60. The lowest BCUT2D eigenvalue weighted by atomic mass is 10.1. The second-order valence-electron chi connectivity index (χ2n) is 5.41. The van der Waals surface area contributed by atoms with Crippen molar-refractivity contribution in [3.05, 3.63) is 63.8 Å². The fraction of sp³-hybridized carbons (Fsp3) is 0.200. The number of esters is 1. The summed E-state index contributed by atoms with van der Waals surface area (Å²) in [7, 11) is 0. The van der Waals surface area contributed by atoms with E-state index in [-0.39, 0.29) is 11.6 Å². The first-order valence-corrected chi connectivity index (χ1v) is 9.08. The van der Waals surface area contributed by atoms with Crippen LogP contribution in [-0.2, 0) is 9.53 Å². The molecule has 1 heterocycles. The number of benzene rings is 2. The van der Waals surface area contributed by atoms with Crippen LogP contribution in [0.4, 0.5) is 0 Å². The first kappa shape index (κ1) is 18.2. The van der Waals surface area contributed by atoms with Gasteiger partial charge in [0.2, 0.25) is 5.90 Å². The summed E-state index contributed by atoms with van der Waals surface area (Å²) < 4.78 is 17.4. The van der Waals surface area contributed by atoms with Gasteiger partial charge in [-0.25, -0.2) is 9.79 Å². The van der Waals surface area contributed by atoms with Crippen molar-refractivity contribution in [3.63, 3.8) is 0 Å². The topological polar surface area (TPSA) is 57.1 Å². The van der Waals surface area contributed by atoms with Gasteiger partial charge >= 0.3 is 5.97 Å². The molecule has 0 aromatic heterocycles. The minimum absolute atomic E-state index is 0.230. The zero-order valence-corrected chi connectivity index (χ0v) is 16.1. The van der Waals surface area contributed by atoms with E-state index in [0.717, 1.165) is 15.6 Å². The summed E-state index contributed by atoms with van der Waals surface area (Å²) >= 11 is 3.38. The van der Waals surface area contributed by atoms with E-state index in [1.54, 1.807) is 12.1 Å². The Kier molecular flexibility index (Phi) is 5.73. The quantitative estimate of drug-likeness (QED) is 0.511. The predicted molar refractivity (Wildman–Crippen MR) is 104 cm³/mol. The molecule has 1 aliphatic rings. The Morgan fingerprint density at radius 3 is 2.50 bits per heavy atom. The molecule has 0 spiro atoms. The molecule has 0 atom stereocenters. The zero-order chi connectivity index (χ0) is 18.5. The second kappa shape index (κ2) is 8.19. The van der Waals surface area contributed by atoms with E-state index < -0.39 is 5.97 Å². The van der Waals surface area contributed by atoms with Gasteiger partial charge < -0.3 is 14.2 Å². The zero-order valence-electron chi connectivity index (χ0n) is 14.5. The highest BCUT2D eigenvalue weighted by molar-refractivity contribution is 9.10. The average Bonchev–Trinajstić information content (AvgIpc) is 2.99. The summed E-state index contributed by atoms with van der Waals surface area (Å²) in [5, 5.41) is 0. The molecule has 0 radical (unpaired) electrons. The molecule has 0 saturated carbocycles. The van der Waals surface area contributed by atoms with E-state index in [1.165, 1.54) is 0 Å². The van der Waals surface area contributed by atoms with E-state index >= 15 is 0 Å². The van der Waals surface area contributed by atoms with Crippen molar-refractivity contribution in [2.24, 2.45) is 4.99 Å². The smallest absolute Gasteiger partial charge is 0.363 e. The molecule has 0 amide bonds. The third-order valence-corrected chi connectivity index (χ3v) is 4.13. The van der Waals surface area contributed by atoms with Gasteiger partial charge in [0.25, 0.3) is 0 Å². The fourth-order valence-electron chi connectivity index (χ4n) is 2.44. The molecular formula is C20H18BrNO4. The molecule has 0 fully saturated rings. The molecule has 0 aliphatic carbocycles. The van der Waals surface area contributed by atoms with Crippen LogP contribution in [0.15, 0.2) is 57.6 Å². The van der Waals surface area contributed by atoms with Crippen molar-refractivity contribution >= 4 is 33.9 Å². The van der Waals surface area contributed by atoms with Gasteiger partial charge in [0.05, 0.1) is 13.2 Å². The first-order valence-electron chi connectivity index (χ1n) is 8.29. The van der Waals surface area contributed by atoms with E-state index in [9.17, 15) is 4.79 Å². The van der Waals surface area contributed by atoms with E-state index in [0.29, 0.717) is 24.7 Å². The van der Waals surface area contributed by atoms with Gasteiger partial charge in [0.15, 0.2) is 5.70 Å². The van der Waals surface area contributed by atoms with Crippen LogP contribution in [0.25, 0.3) is 6.08 Å². The van der Waals surface area contributed by atoms with Crippen LogP contribution in [0, 0.1) is 0 Å². The van der Waals surface area contributed by atoms with Crippen molar-refractivity contribution in [2.75, 3.05) is 13.2 Å². The van der Waals surface area contributed by atoms with Crippen molar-refractivity contribution in [1.29, 1.82) is 0 Å². The van der Waals surface area contributed by atoms with E-state index in [2.05, 4.69) is 20.9 Å².